The summed E-state index contributed by atoms with van der Waals surface area (Å²) in [6.45, 7) is 8.53. The molecule has 0 aromatic heterocycles. The van der Waals surface area contributed by atoms with Gasteiger partial charge in [0.05, 0.1) is 11.3 Å². The van der Waals surface area contributed by atoms with Crippen molar-refractivity contribution in [3.63, 3.8) is 0 Å². The fourth-order valence-corrected chi connectivity index (χ4v) is 3.03. The van der Waals surface area contributed by atoms with E-state index in [-0.39, 0.29) is 0 Å². The van der Waals surface area contributed by atoms with Crippen LogP contribution in [0.4, 0.5) is 0 Å². The van der Waals surface area contributed by atoms with Gasteiger partial charge in [-0.05, 0) is 38.0 Å². The SMILES string of the molecule is CC1=CC(C)=C(/C(=C2/N=C(C)C=C2C)c2ccccc2)[NH2+]1. The van der Waals surface area contributed by atoms with Gasteiger partial charge in [-0.2, -0.15) is 0 Å². The van der Waals surface area contributed by atoms with Crippen LogP contribution < -0.4 is 5.32 Å². The Morgan fingerprint density at radius 2 is 1.67 bits per heavy atom. The zero-order chi connectivity index (χ0) is 15.0. The minimum absolute atomic E-state index is 1.08. The molecule has 0 saturated heterocycles. The molecule has 2 N–H and O–H groups in total. The molecule has 2 heteroatoms. The lowest BCUT2D eigenvalue weighted by Crippen LogP contribution is -2.78. The number of nitrogens with two attached hydrogens (primary N) is 1. The number of allylic oxidation sites excluding steroid dienone is 6. The summed E-state index contributed by atoms with van der Waals surface area (Å²) in [7, 11) is 0. The lowest BCUT2D eigenvalue weighted by atomic mass is 9.96. The van der Waals surface area contributed by atoms with Gasteiger partial charge in [0.25, 0.3) is 0 Å². The number of hydrogen-bond acceptors (Lipinski definition) is 1. The molecule has 0 saturated carbocycles. The molecule has 2 nitrogen and oxygen atoms in total. The Morgan fingerprint density at radius 1 is 0.952 bits per heavy atom. The summed E-state index contributed by atoms with van der Waals surface area (Å²) >= 11 is 0. The minimum Gasteiger partial charge on any atom is -0.285 e. The summed E-state index contributed by atoms with van der Waals surface area (Å²) in [6.07, 6.45) is 4.40. The van der Waals surface area contributed by atoms with Crippen molar-refractivity contribution >= 4 is 11.3 Å². The first-order chi connectivity index (χ1) is 10.1. The van der Waals surface area contributed by atoms with Crippen LogP contribution in [0.15, 0.2) is 75.7 Å². The van der Waals surface area contributed by atoms with E-state index in [1.165, 1.54) is 33.7 Å². The molecule has 1 aromatic rings. The van der Waals surface area contributed by atoms with E-state index in [4.69, 9.17) is 4.99 Å². The first-order valence-corrected chi connectivity index (χ1v) is 7.34. The Kier molecular flexibility index (Phi) is 3.48. The van der Waals surface area contributed by atoms with E-state index in [0.29, 0.717) is 0 Å². The molecule has 2 heterocycles. The van der Waals surface area contributed by atoms with Crippen LogP contribution in [0.1, 0.15) is 33.3 Å². The van der Waals surface area contributed by atoms with Crippen LogP contribution in [0.5, 0.6) is 0 Å². The van der Waals surface area contributed by atoms with E-state index >= 15 is 0 Å². The number of nitrogens with zero attached hydrogens (tertiary/aromatic N) is 1. The van der Waals surface area contributed by atoms with E-state index in [9.17, 15) is 0 Å². The van der Waals surface area contributed by atoms with Gasteiger partial charge in [0.1, 0.15) is 11.4 Å². The Balaban J connectivity index is 2.22. The van der Waals surface area contributed by atoms with Gasteiger partial charge in [0.2, 0.25) is 0 Å². The van der Waals surface area contributed by atoms with Gasteiger partial charge < -0.3 is 0 Å². The first kappa shape index (κ1) is 13.8. The summed E-state index contributed by atoms with van der Waals surface area (Å²) < 4.78 is 0. The third-order valence-corrected chi connectivity index (χ3v) is 3.90. The second kappa shape index (κ2) is 5.30. The van der Waals surface area contributed by atoms with Crippen molar-refractivity contribution in [2.45, 2.75) is 27.7 Å². The van der Waals surface area contributed by atoms with Crippen LogP contribution in [-0.4, -0.2) is 5.71 Å². The van der Waals surface area contributed by atoms with Crippen molar-refractivity contribution in [3.8, 4) is 0 Å². The zero-order valence-corrected chi connectivity index (χ0v) is 13.1. The van der Waals surface area contributed by atoms with Crippen LogP contribution in [0.2, 0.25) is 0 Å². The molecule has 3 rings (SSSR count). The van der Waals surface area contributed by atoms with Gasteiger partial charge in [0.15, 0.2) is 0 Å². The highest BCUT2D eigenvalue weighted by atomic mass is 14.9. The predicted octanol–water partition coefficient (Wildman–Crippen LogP) is 3.57. The number of rotatable bonds is 2. The number of aliphatic imine (C=N–C) groups is 1. The third kappa shape index (κ3) is 2.55. The number of benzene rings is 1. The first-order valence-electron chi connectivity index (χ1n) is 7.34. The van der Waals surface area contributed by atoms with Crippen LogP contribution in [0.3, 0.4) is 0 Å². The topological polar surface area (TPSA) is 29.0 Å². The predicted molar refractivity (Wildman–Crippen MR) is 88.6 cm³/mol. The number of quaternary nitrogens is 1. The number of hydrogen-bond donors (Lipinski definition) is 1. The molecule has 21 heavy (non-hydrogen) atoms. The van der Waals surface area contributed by atoms with Crippen LogP contribution in [0, 0.1) is 0 Å². The van der Waals surface area contributed by atoms with E-state index in [2.05, 4.69) is 75.5 Å². The van der Waals surface area contributed by atoms with Crippen molar-refractivity contribution in [3.05, 3.63) is 76.3 Å². The zero-order valence-electron chi connectivity index (χ0n) is 13.1. The molecule has 0 bridgehead atoms. The Labute approximate surface area is 126 Å². The van der Waals surface area contributed by atoms with Crippen molar-refractivity contribution in [2.75, 3.05) is 0 Å². The molecule has 106 valence electrons. The van der Waals surface area contributed by atoms with Crippen LogP contribution in [0.25, 0.3) is 5.57 Å². The van der Waals surface area contributed by atoms with Gasteiger partial charge in [0, 0.05) is 24.3 Å². The summed E-state index contributed by atoms with van der Waals surface area (Å²) in [5.74, 6) is 0. The monoisotopic (exact) mass is 277 g/mol. The highest BCUT2D eigenvalue weighted by Gasteiger charge is 2.25. The lowest BCUT2D eigenvalue weighted by molar-refractivity contribution is -0.544. The molecule has 0 amide bonds. The maximum atomic E-state index is 4.78. The molecular weight excluding hydrogens is 256 g/mol. The largest absolute Gasteiger partial charge is 0.285 e. The highest BCUT2D eigenvalue weighted by molar-refractivity contribution is 6.00. The average molecular weight is 277 g/mol. The van der Waals surface area contributed by atoms with Crippen molar-refractivity contribution in [1.29, 1.82) is 0 Å². The fourth-order valence-electron chi connectivity index (χ4n) is 3.03. The summed E-state index contributed by atoms with van der Waals surface area (Å²) in [6, 6.07) is 10.6. The van der Waals surface area contributed by atoms with E-state index in [1.54, 1.807) is 0 Å². The van der Waals surface area contributed by atoms with Crippen LogP contribution >= 0.6 is 0 Å². The van der Waals surface area contributed by atoms with E-state index in [0.717, 1.165) is 11.4 Å². The van der Waals surface area contributed by atoms with Gasteiger partial charge in [-0.3, -0.25) is 10.3 Å². The highest BCUT2D eigenvalue weighted by Crippen LogP contribution is 2.33. The van der Waals surface area contributed by atoms with E-state index < -0.39 is 0 Å². The fraction of sp³-hybridized carbons (Fsp3) is 0.211. The maximum Gasteiger partial charge on any atom is 0.147 e. The summed E-state index contributed by atoms with van der Waals surface area (Å²) in [4.78, 5) is 4.78. The average Bonchev–Trinajstić information content (AvgIpc) is 2.94. The van der Waals surface area contributed by atoms with E-state index in [1.807, 2.05) is 0 Å². The molecule has 0 radical (unpaired) electrons. The van der Waals surface area contributed by atoms with Crippen molar-refractivity contribution < 1.29 is 5.32 Å². The molecule has 0 unspecified atom stereocenters. The second-order valence-electron chi connectivity index (χ2n) is 5.80. The van der Waals surface area contributed by atoms with Gasteiger partial charge in [-0.1, -0.05) is 30.3 Å². The molecule has 1 aromatic carbocycles. The lowest BCUT2D eigenvalue weighted by Gasteiger charge is -2.12. The van der Waals surface area contributed by atoms with Gasteiger partial charge >= 0.3 is 0 Å². The van der Waals surface area contributed by atoms with Crippen molar-refractivity contribution in [2.24, 2.45) is 4.99 Å². The molecular formula is C19H21N2+. The summed E-state index contributed by atoms with van der Waals surface area (Å²) in [5.41, 5.74) is 9.80. The summed E-state index contributed by atoms with van der Waals surface area (Å²) in [5, 5.41) is 2.26. The normalized spacial score (nSPS) is 20.5. The minimum atomic E-state index is 1.08. The molecule has 0 atom stereocenters. The van der Waals surface area contributed by atoms with Gasteiger partial charge in [-0.25, -0.2) is 0 Å². The van der Waals surface area contributed by atoms with Crippen molar-refractivity contribution in [1.82, 2.24) is 0 Å². The second-order valence-corrected chi connectivity index (χ2v) is 5.80. The van der Waals surface area contributed by atoms with Crippen LogP contribution in [-0.2, 0) is 0 Å². The maximum absolute atomic E-state index is 4.78. The third-order valence-electron chi connectivity index (χ3n) is 3.90. The molecule has 0 fully saturated rings. The Bertz CT molecular complexity index is 741. The standard InChI is InChI=1S/C19H20N2/c1-12-10-14(3)20-18(12)17(16-8-6-5-7-9-16)19-13(2)11-15(4)21-19/h5-11,20H,1-4H3/p+1/b19-17+. The molecule has 2 aliphatic heterocycles. The Morgan fingerprint density at radius 3 is 2.19 bits per heavy atom. The smallest absolute Gasteiger partial charge is 0.147 e. The molecule has 2 aliphatic rings. The molecule has 0 spiro atoms. The molecule has 0 aliphatic carbocycles. The Hall–Kier alpha value is -2.19. The van der Waals surface area contributed by atoms with Gasteiger partial charge in [-0.15, -0.1) is 0 Å². The quantitative estimate of drug-likeness (QED) is 0.856.